The van der Waals surface area contributed by atoms with Gasteiger partial charge >= 0.3 is 0 Å². The van der Waals surface area contributed by atoms with Gasteiger partial charge in [-0.25, -0.2) is 0 Å². The number of carbonyl (C=O) groups is 1. The van der Waals surface area contributed by atoms with E-state index in [0.29, 0.717) is 24.7 Å². The normalized spacial score (nSPS) is 10.2. The Labute approximate surface area is 157 Å². The number of benzene rings is 2. The van der Waals surface area contributed by atoms with Gasteiger partial charge in [0, 0.05) is 5.56 Å². The molecule has 0 heterocycles. The predicted octanol–water partition coefficient (Wildman–Crippen LogP) is 3.60. The standard InChI is InChI=1S/C18H19ClN2O3S/c1-3-23-15-9-13(17(22)21-18(20)25)8-14(19)16(15)24-10-12-6-4-11(2)5-7-12/h4-9H,3,10H2,1-2H3,(H3,20,21,22,25). The van der Waals surface area contributed by atoms with Crippen LogP contribution < -0.4 is 20.5 Å². The maximum Gasteiger partial charge on any atom is 0.257 e. The second-order valence-electron chi connectivity index (χ2n) is 5.31. The molecule has 0 atom stereocenters. The van der Waals surface area contributed by atoms with Crippen molar-refractivity contribution in [2.24, 2.45) is 5.73 Å². The first-order valence-electron chi connectivity index (χ1n) is 7.66. The maximum absolute atomic E-state index is 12.1. The third-order valence-electron chi connectivity index (χ3n) is 3.31. The zero-order valence-electron chi connectivity index (χ0n) is 14.0. The average molecular weight is 379 g/mol. The van der Waals surface area contributed by atoms with Gasteiger partial charge in [-0.15, -0.1) is 0 Å². The fourth-order valence-electron chi connectivity index (χ4n) is 2.13. The quantitative estimate of drug-likeness (QED) is 0.751. The van der Waals surface area contributed by atoms with E-state index in [9.17, 15) is 4.79 Å². The highest BCUT2D eigenvalue weighted by molar-refractivity contribution is 7.80. The Bertz CT molecular complexity index is 779. The van der Waals surface area contributed by atoms with Crippen LogP contribution in [0, 0.1) is 6.92 Å². The van der Waals surface area contributed by atoms with Crippen molar-refractivity contribution in [2.75, 3.05) is 6.61 Å². The summed E-state index contributed by atoms with van der Waals surface area (Å²) in [7, 11) is 0. The molecule has 0 aliphatic heterocycles. The third kappa shape index (κ3) is 5.34. The van der Waals surface area contributed by atoms with E-state index >= 15 is 0 Å². The molecule has 2 aromatic carbocycles. The summed E-state index contributed by atoms with van der Waals surface area (Å²) in [5, 5.41) is 2.51. The van der Waals surface area contributed by atoms with E-state index in [1.807, 2.05) is 38.1 Å². The van der Waals surface area contributed by atoms with E-state index in [2.05, 4.69) is 17.5 Å². The van der Waals surface area contributed by atoms with Crippen molar-refractivity contribution in [1.82, 2.24) is 5.32 Å². The Hall–Kier alpha value is -2.31. The number of nitrogens with one attached hydrogen (secondary N) is 1. The topological polar surface area (TPSA) is 73.6 Å². The fraction of sp³-hybridized carbons (Fsp3) is 0.222. The van der Waals surface area contributed by atoms with Crippen molar-refractivity contribution in [3.63, 3.8) is 0 Å². The number of aryl methyl sites for hydroxylation is 1. The second-order valence-corrected chi connectivity index (χ2v) is 6.16. The van der Waals surface area contributed by atoms with Crippen molar-refractivity contribution in [3.8, 4) is 11.5 Å². The van der Waals surface area contributed by atoms with Crippen LogP contribution in [0.1, 0.15) is 28.4 Å². The van der Waals surface area contributed by atoms with Gasteiger partial charge in [0.05, 0.1) is 11.6 Å². The Morgan fingerprint density at radius 2 is 1.92 bits per heavy atom. The van der Waals surface area contributed by atoms with Crippen LogP contribution in [0.3, 0.4) is 0 Å². The molecule has 0 saturated carbocycles. The molecule has 0 bridgehead atoms. The molecule has 0 fully saturated rings. The molecule has 0 aromatic heterocycles. The van der Waals surface area contributed by atoms with Crippen LogP contribution in [0.2, 0.25) is 5.02 Å². The highest BCUT2D eigenvalue weighted by Crippen LogP contribution is 2.37. The van der Waals surface area contributed by atoms with Gasteiger partial charge in [-0.1, -0.05) is 41.4 Å². The molecule has 132 valence electrons. The molecule has 3 N–H and O–H groups in total. The Morgan fingerprint density at radius 3 is 2.52 bits per heavy atom. The van der Waals surface area contributed by atoms with Crippen LogP contribution in [0.5, 0.6) is 11.5 Å². The molecule has 0 saturated heterocycles. The molecule has 2 aromatic rings. The van der Waals surface area contributed by atoms with Crippen molar-refractivity contribution in [1.29, 1.82) is 0 Å². The number of thiocarbonyl (C=S) groups is 1. The van der Waals surface area contributed by atoms with Crippen molar-refractivity contribution < 1.29 is 14.3 Å². The molecule has 25 heavy (non-hydrogen) atoms. The molecule has 5 nitrogen and oxygen atoms in total. The van der Waals surface area contributed by atoms with Crippen LogP contribution >= 0.6 is 23.8 Å². The van der Waals surface area contributed by atoms with E-state index in [1.54, 1.807) is 6.07 Å². The smallest absolute Gasteiger partial charge is 0.257 e. The number of ether oxygens (including phenoxy) is 2. The number of amides is 1. The first-order chi connectivity index (χ1) is 11.9. The first-order valence-corrected chi connectivity index (χ1v) is 8.44. The fourth-order valence-corrected chi connectivity index (χ4v) is 2.48. The summed E-state index contributed by atoms with van der Waals surface area (Å²) >= 11 is 11.0. The van der Waals surface area contributed by atoms with Gasteiger partial charge in [0.2, 0.25) is 0 Å². The van der Waals surface area contributed by atoms with E-state index in [4.69, 9.17) is 26.8 Å². The van der Waals surface area contributed by atoms with Crippen molar-refractivity contribution >= 4 is 34.8 Å². The number of hydrogen-bond acceptors (Lipinski definition) is 4. The Morgan fingerprint density at radius 1 is 1.24 bits per heavy atom. The molecular weight excluding hydrogens is 360 g/mol. The zero-order chi connectivity index (χ0) is 18.4. The summed E-state index contributed by atoms with van der Waals surface area (Å²) in [5.74, 6) is 0.312. The summed E-state index contributed by atoms with van der Waals surface area (Å²) in [5.41, 5.74) is 7.78. The van der Waals surface area contributed by atoms with Crippen LogP contribution in [0.25, 0.3) is 0 Å². The zero-order valence-corrected chi connectivity index (χ0v) is 15.5. The highest BCUT2D eigenvalue weighted by atomic mass is 35.5. The van der Waals surface area contributed by atoms with Crippen molar-refractivity contribution in [2.45, 2.75) is 20.5 Å². The molecule has 0 aliphatic rings. The van der Waals surface area contributed by atoms with Crippen LogP contribution in [0.15, 0.2) is 36.4 Å². The van der Waals surface area contributed by atoms with Gasteiger partial charge in [-0.3, -0.25) is 10.1 Å². The van der Waals surface area contributed by atoms with Crippen LogP contribution in [-0.4, -0.2) is 17.6 Å². The number of nitrogens with two attached hydrogens (primary N) is 1. The van der Waals surface area contributed by atoms with Gasteiger partial charge in [-0.2, -0.15) is 0 Å². The van der Waals surface area contributed by atoms with Crippen LogP contribution in [-0.2, 0) is 6.61 Å². The van der Waals surface area contributed by atoms with Gasteiger partial charge in [0.15, 0.2) is 16.6 Å². The minimum absolute atomic E-state index is 0.112. The average Bonchev–Trinajstić information content (AvgIpc) is 2.55. The molecule has 2 rings (SSSR count). The van der Waals surface area contributed by atoms with Crippen molar-refractivity contribution in [3.05, 3.63) is 58.1 Å². The van der Waals surface area contributed by atoms with E-state index in [-0.39, 0.29) is 15.7 Å². The largest absolute Gasteiger partial charge is 0.490 e. The molecule has 0 aliphatic carbocycles. The molecule has 0 radical (unpaired) electrons. The lowest BCUT2D eigenvalue weighted by molar-refractivity contribution is 0.0977. The summed E-state index contributed by atoms with van der Waals surface area (Å²) in [6, 6.07) is 11.0. The first kappa shape index (κ1) is 19.0. The van der Waals surface area contributed by atoms with Gasteiger partial charge in [0.1, 0.15) is 6.61 Å². The Balaban J connectivity index is 2.25. The summed E-state index contributed by atoms with van der Waals surface area (Å²) < 4.78 is 11.4. The summed E-state index contributed by atoms with van der Waals surface area (Å²) in [6.07, 6.45) is 0. The number of halogens is 1. The molecule has 7 heteroatoms. The highest BCUT2D eigenvalue weighted by Gasteiger charge is 2.17. The Kier molecular flexibility index (Phi) is 6.61. The third-order valence-corrected chi connectivity index (χ3v) is 3.69. The molecule has 1 amide bonds. The van der Waals surface area contributed by atoms with E-state index < -0.39 is 5.91 Å². The second kappa shape index (κ2) is 8.69. The summed E-state index contributed by atoms with van der Waals surface area (Å²) in [4.78, 5) is 12.1. The van der Waals surface area contributed by atoms with Gasteiger partial charge < -0.3 is 15.2 Å². The molecule has 0 spiro atoms. The SMILES string of the molecule is CCOc1cc(C(=O)NC(N)=S)cc(Cl)c1OCc1ccc(C)cc1. The van der Waals surface area contributed by atoms with Gasteiger partial charge in [0.25, 0.3) is 5.91 Å². The monoisotopic (exact) mass is 378 g/mol. The van der Waals surface area contributed by atoms with E-state index in [1.165, 1.54) is 11.6 Å². The number of carbonyl (C=O) groups excluding carboxylic acids is 1. The lowest BCUT2D eigenvalue weighted by atomic mass is 10.1. The maximum atomic E-state index is 12.1. The lowest BCUT2D eigenvalue weighted by Gasteiger charge is -2.15. The minimum Gasteiger partial charge on any atom is -0.490 e. The number of rotatable bonds is 6. The molecular formula is C18H19ClN2O3S. The van der Waals surface area contributed by atoms with E-state index in [0.717, 1.165) is 5.56 Å². The summed E-state index contributed by atoms with van der Waals surface area (Å²) in [6.45, 7) is 4.58. The van der Waals surface area contributed by atoms with Crippen LogP contribution in [0.4, 0.5) is 0 Å². The number of hydrogen-bond donors (Lipinski definition) is 2. The predicted molar refractivity (Wildman–Crippen MR) is 102 cm³/mol. The lowest BCUT2D eigenvalue weighted by Crippen LogP contribution is -2.34. The van der Waals surface area contributed by atoms with Gasteiger partial charge in [-0.05, 0) is 43.8 Å². The minimum atomic E-state index is -0.458. The molecule has 0 unspecified atom stereocenters.